The highest BCUT2D eigenvalue weighted by Gasteiger charge is 2.13. The molecule has 1 N–H and O–H groups in total. The lowest BCUT2D eigenvalue weighted by Crippen LogP contribution is -2.24. The summed E-state index contributed by atoms with van der Waals surface area (Å²) >= 11 is 3.48. The maximum Gasteiger partial charge on any atom is 0.252 e. The molecular formula is C28H35BrN2O. The number of nitrogens with one attached hydrogen (secondary N) is 1. The summed E-state index contributed by atoms with van der Waals surface area (Å²) in [4.78, 5) is 17.8. The predicted octanol–water partition coefficient (Wildman–Crippen LogP) is 8.32. The Balaban J connectivity index is 1.52. The molecule has 0 bridgehead atoms. The van der Waals surface area contributed by atoms with Crippen molar-refractivity contribution in [3.05, 3.63) is 64.6 Å². The number of pyridine rings is 1. The molecule has 170 valence electrons. The SMILES string of the molecule is CCCCCCCCCCCCNC(=O)c1cc(-c2ccc(Br)cc2)nc2ccccc12. The molecule has 0 aliphatic carbocycles. The average Bonchev–Trinajstić information content (AvgIpc) is 2.82. The molecule has 0 spiro atoms. The van der Waals surface area contributed by atoms with Gasteiger partial charge in [-0.1, -0.05) is 111 Å². The van der Waals surface area contributed by atoms with E-state index in [1.807, 2.05) is 54.6 Å². The van der Waals surface area contributed by atoms with Crippen LogP contribution in [0.3, 0.4) is 0 Å². The fourth-order valence-electron chi connectivity index (χ4n) is 4.04. The number of fused-ring (bicyclic) bond motifs is 1. The van der Waals surface area contributed by atoms with Crippen LogP contribution in [0.15, 0.2) is 59.1 Å². The molecule has 0 atom stereocenters. The molecule has 3 nitrogen and oxygen atoms in total. The lowest BCUT2D eigenvalue weighted by atomic mass is 10.0. The highest BCUT2D eigenvalue weighted by molar-refractivity contribution is 9.10. The van der Waals surface area contributed by atoms with Gasteiger partial charge in [-0.2, -0.15) is 0 Å². The number of para-hydroxylation sites is 1. The fraction of sp³-hybridized carbons (Fsp3) is 0.429. The normalized spacial score (nSPS) is 11.1. The number of amides is 1. The number of hydrogen-bond acceptors (Lipinski definition) is 2. The number of carbonyl (C=O) groups is 1. The van der Waals surface area contributed by atoms with E-state index in [0.29, 0.717) is 5.56 Å². The fourth-order valence-corrected chi connectivity index (χ4v) is 4.31. The molecule has 2 aromatic carbocycles. The third kappa shape index (κ3) is 7.44. The Kier molecular flexibility index (Phi) is 10.2. The first-order chi connectivity index (χ1) is 15.7. The molecule has 32 heavy (non-hydrogen) atoms. The number of rotatable bonds is 13. The van der Waals surface area contributed by atoms with Gasteiger partial charge in [-0.05, 0) is 30.7 Å². The Morgan fingerprint density at radius 3 is 2.16 bits per heavy atom. The van der Waals surface area contributed by atoms with Crippen molar-refractivity contribution >= 4 is 32.7 Å². The van der Waals surface area contributed by atoms with Crippen LogP contribution in [0.4, 0.5) is 0 Å². The maximum absolute atomic E-state index is 13.0. The topological polar surface area (TPSA) is 42.0 Å². The molecule has 0 aliphatic rings. The van der Waals surface area contributed by atoms with E-state index in [0.717, 1.165) is 39.6 Å². The van der Waals surface area contributed by atoms with E-state index in [1.165, 1.54) is 57.8 Å². The molecule has 4 heteroatoms. The summed E-state index contributed by atoms with van der Waals surface area (Å²) in [5.41, 5.74) is 3.36. The number of carbonyl (C=O) groups excluding carboxylic acids is 1. The van der Waals surface area contributed by atoms with Crippen LogP contribution in [-0.2, 0) is 0 Å². The molecule has 3 aromatic rings. The lowest BCUT2D eigenvalue weighted by molar-refractivity contribution is 0.0954. The largest absolute Gasteiger partial charge is 0.352 e. The quantitative estimate of drug-likeness (QED) is 0.242. The van der Waals surface area contributed by atoms with E-state index in [4.69, 9.17) is 4.98 Å². The maximum atomic E-state index is 13.0. The first-order valence-corrected chi connectivity index (χ1v) is 12.9. The van der Waals surface area contributed by atoms with Crippen LogP contribution in [0.2, 0.25) is 0 Å². The van der Waals surface area contributed by atoms with Gasteiger partial charge >= 0.3 is 0 Å². The smallest absolute Gasteiger partial charge is 0.252 e. The van der Waals surface area contributed by atoms with E-state index < -0.39 is 0 Å². The van der Waals surface area contributed by atoms with Crippen molar-refractivity contribution in [2.75, 3.05) is 6.54 Å². The van der Waals surface area contributed by atoms with Crippen LogP contribution in [0.1, 0.15) is 81.5 Å². The summed E-state index contributed by atoms with van der Waals surface area (Å²) in [6.45, 7) is 2.98. The van der Waals surface area contributed by atoms with Gasteiger partial charge in [0.05, 0.1) is 16.8 Å². The van der Waals surface area contributed by atoms with Crippen LogP contribution in [0.25, 0.3) is 22.2 Å². The van der Waals surface area contributed by atoms with Crippen molar-refractivity contribution in [2.45, 2.75) is 71.1 Å². The van der Waals surface area contributed by atoms with Crippen molar-refractivity contribution in [1.29, 1.82) is 0 Å². The minimum atomic E-state index is -0.0158. The van der Waals surface area contributed by atoms with Gasteiger partial charge in [0.25, 0.3) is 5.91 Å². The standard InChI is InChI=1S/C28H35BrN2O/c1-2-3-4-5-6-7-8-9-10-13-20-30-28(32)25-21-27(22-16-18-23(29)19-17-22)31-26-15-12-11-14-24(25)26/h11-12,14-19,21H,2-10,13,20H2,1H3,(H,30,32). The molecule has 1 amide bonds. The molecule has 1 aromatic heterocycles. The van der Waals surface area contributed by atoms with Crippen LogP contribution >= 0.6 is 15.9 Å². The van der Waals surface area contributed by atoms with Gasteiger partial charge in [0.1, 0.15) is 0 Å². The molecule has 0 fully saturated rings. The third-order valence-electron chi connectivity index (χ3n) is 5.92. The van der Waals surface area contributed by atoms with Crippen LogP contribution in [0, 0.1) is 0 Å². The van der Waals surface area contributed by atoms with E-state index in [1.54, 1.807) is 0 Å². The summed E-state index contributed by atoms with van der Waals surface area (Å²) < 4.78 is 1.02. The summed E-state index contributed by atoms with van der Waals surface area (Å²) in [5.74, 6) is -0.0158. The molecule has 0 saturated heterocycles. The van der Waals surface area contributed by atoms with Gasteiger partial charge in [0.15, 0.2) is 0 Å². The highest BCUT2D eigenvalue weighted by Crippen LogP contribution is 2.26. The number of halogens is 1. The van der Waals surface area contributed by atoms with Crippen LogP contribution in [-0.4, -0.2) is 17.4 Å². The second-order valence-electron chi connectivity index (χ2n) is 8.52. The minimum Gasteiger partial charge on any atom is -0.352 e. The van der Waals surface area contributed by atoms with Crippen molar-refractivity contribution < 1.29 is 4.79 Å². The van der Waals surface area contributed by atoms with Gasteiger partial charge in [-0.15, -0.1) is 0 Å². The number of aromatic nitrogens is 1. The van der Waals surface area contributed by atoms with Gasteiger partial charge < -0.3 is 5.32 Å². The summed E-state index contributed by atoms with van der Waals surface area (Å²) in [6, 6.07) is 17.8. The van der Waals surface area contributed by atoms with Gasteiger partial charge in [-0.25, -0.2) is 4.98 Å². The average molecular weight is 496 g/mol. The molecular weight excluding hydrogens is 460 g/mol. The summed E-state index contributed by atoms with van der Waals surface area (Å²) in [5, 5.41) is 4.03. The Morgan fingerprint density at radius 1 is 0.844 bits per heavy atom. The first kappa shape index (κ1) is 24.4. The minimum absolute atomic E-state index is 0.0158. The first-order valence-electron chi connectivity index (χ1n) is 12.1. The molecule has 0 unspecified atom stereocenters. The van der Waals surface area contributed by atoms with Gasteiger partial charge in [0, 0.05) is 22.0 Å². The Bertz CT molecular complexity index is 984. The van der Waals surface area contributed by atoms with E-state index >= 15 is 0 Å². The second kappa shape index (κ2) is 13.4. The lowest BCUT2D eigenvalue weighted by Gasteiger charge is -2.11. The monoisotopic (exact) mass is 494 g/mol. The van der Waals surface area contributed by atoms with Gasteiger partial charge in [-0.3, -0.25) is 4.79 Å². The zero-order valence-electron chi connectivity index (χ0n) is 19.2. The summed E-state index contributed by atoms with van der Waals surface area (Å²) in [7, 11) is 0. The van der Waals surface area contributed by atoms with Crippen molar-refractivity contribution in [3.8, 4) is 11.3 Å². The van der Waals surface area contributed by atoms with E-state index in [2.05, 4.69) is 28.2 Å². The molecule has 1 heterocycles. The number of unbranched alkanes of at least 4 members (excludes halogenated alkanes) is 9. The van der Waals surface area contributed by atoms with E-state index in [9.17, 15) is 4.79 Å². The van der Waals surface area contributed by atoms with Crippen LogP contribution in [0.5, 0.6) is 0 Å². The number of nitrogens with zero attached hydrogens (tertiary/aromatic N) is 1. The second-order valence-corrected chi connectivity index (χ2v) is 9.43. The zero-order chi connectivity index (χ0) is 22.6. The third-order valence-corrected chi connectivity index (χ3v) is 6.45. The molecule has 0 aliphatic heterocycles. The highest BCUT2D eigenvalue weighted by atomic mass is 79.9. The number of benzene rings is 2. The van der Waals surface area contributed by atoms with Crippen molar-refractivity contribution in [3.63, 3.8) is 0 Å². The van der Waals surface area contributed by atoms with Crippen molar-refractivity contribution in [2.24, 2.45) is 0 Å². The molecule has 0 radical (unpaired) electrons. The molecule has 3 rings (SSSR count). The Labute approximate surface area is 201 Å². The van der Waals surface area contributed by atoms with Crippen LogP contribution < -0.4 is 5.32 Å². The zero-order valence-corrected chi connectivity index (χ0v) is 20.8. The van der Waals surface area contributed by atoms with Crippen molar-refractivity contribution in [1.82, 2.24) is 10.3 Å². The summed E-state index contributed by atoms with van der Waals surface area (Å²) in [6.07, 6.45) is 12.9. The Hall–Kier alpha value is -2.20. The predicted molar refractivity (Wildman–Crippen MR) is 139 cm³/mol. The number of hydrogen-bond donors (Lipinski definition) is 1. The Morgan fingerprint density at radius 2 is 1.47 bits per heavy atom. The molecule has 0 saturated carbocycles. The van der Waals surface area contributed by atoms with Gasteiger partial charge in [0.2, 0.25) is 0 Å². The van der Waals surface area contributed by atoms with E-state index in [-0.39, 0.29) is 5.91 Å².